The minimum absolute atomic E-state index is 0.000336. The average molecular weight is 304 g/mol. The summed E-state index contributed by atoms with van der Waals surface area (Å²) < 4.78 is 41.5. The Hall–Kier alpha value is -1.77. The van der Waals surface area contributed by atoms with Crippen molar-refractivity contribution in [1.29, 1.82) is 0 Å². The molecule has 0 saturated carbocycles. The molecule has 0 aliphatic carbocycles. The molecular formula is C11H11F3N4OS. The third-order valence-electron chi connectivity index (χ3n) is 2.45. The molecule has 0 N–H and O–H groups in total. The van der Waals surface area contributed by atoms with E-state index in [0.29, 0.717) is 5.16 Å². The van der Waals surface area contributed by atoms with Gasteiger partial charge in [-0.1, -0.05) is 23.9 Å². The minimum Gasteiger partial charge on any atom is -0.406 e. The Morgan fingerprint density at radius 2 is 1.90 bits per heavy atom. The van der Waals surface area contributed by atoms with Gasteiger partial charge in [0, 0.05) is 12.3 Å². The Kier molecular flexibility index (Phi) is 4.17. The van der Waals surface area contributed by atoms with Crippen molar-refractivity contribution in [2.45, 2.75) is 23.7 Å². The van der Waals surface area contributed by atoms with Crippen LogP contribution in [0.2, 0.25) is 0 Å². The number of alkyl halides is 3. The van der Waals surface area contributed by atoms with Crippen LogP contribution in [0.4, 0.5) is 13.2 Å². The van der Waals surface area contributed by atoms with Crippen molar-refractivity contribution in [1.82, 2.24) is 20.2 Å². The van der Waals surface area contributed by atoms with Crippen molar-refractivity contribution in [3.05, 3.63) is 29.8 Å². The van der Waals surface area contributed by atoms with Crippen LogP contribution in [-0.2, 0) is 7.05 Å². The lowest BCUT2D eigenvalue weighted by Gasteiger charge is -2.12. The van der Waals surface area contributed by atoms with Crippen LogP contribution >= 0.6 is 11.8 Å². The second-order valence-corrected chi connectivity index (χ2v) is 5.27. The summed E-state index contributed by atoms with van der Waals surface area (Å²) >= 11 is 1.41. The number of benzene rings is 1. The van der Waals surface area contributed by atoms with Crippen LogP contribution in [0.3, 0.4) is 0 Å². The van der Waals surface area contributed by atoms with Gasteiger partial charge in [-0.15, -0.1) is 18.3 Å². The van der Waals surface area contributed by atoms with Gasteiger partial charge in [-0.2, -0.15) is 0 Å². The van der Waals surface area contributed by atoms with Crippen LogP contribution in [0.5, 0.6) is 5.75 Å². The number of nitrogens with zero attached hydrogens (tertiary/aromatic N) is 4. The number of hydrogen-bond donors (Lipinski definition) is 0. The van der Waals surface area contributed by atoms with E-state index in [0.717, 1.165) is 5.56 Å². The van der Waals surface area contributed by atoms with Crippen molar-refractivity contribution in [2.24, 2.45) is 7.05 Å². The first-order valence-corrected chi connectivity index (χ1v) is 6.48. The molecule has 1 atom stereocenters. The summed E-state index contributed by atoms with van der Waals surface area (Å²) in [5.74, 6) is -0.237. The highest BCUT2D eigenvalue weighted by Crippen LogP contribution is 2.34. The van der Waals surface area contributed by atoms with Crippen LogP contribution in [0, 0.1) is 0 Å². The lowest BCUT2D eigenvalue weighted by molar-refractivity contribution is -0.274. The van der Waals surface area contributed by atoms with Crippen molar-refractivity contribution in [3.8, 4) is 5.75 Å². The molecule has 0 amide bonds. The normalized spacial score (nSPS) is 13.2. The Bertz CT molecular complexity index is 570. The fourth-order valence-corrected chi connectivity index (χ4v) is 2.37. The number of thioether (sulfide) groups is 1. The van der Waals surface area contributed by atoms with Gasteiger partial charge in [0.15, 0.2) is 0 Å². The van der Waals surface area contributed by atoms with Gasteiger partial charge in [0.25, 0.3) is 0 Å². The fraction of sp³-hybridized carbons (Fsp3) is 0.364. The molecule has 1 heterocycles. The lowest BCUT2D eigenvalue weighted by Crippen LogP contribution is -2.17. The van der Waals surface area contributed by atoms with Crippen LogP contribution in [-0.4, -0.2) is 26.6 Å². The molecule has 1 aromatic carbocycles. The van der Waals surface area contributed by atoms with Crippen molar-refractivity contribution >= 4 is 11.8 Å². The SMILES string of the molecule is CC(Sc1nnnn1C)c1ccc(OC(F)(F)F)cc1. The van der Waals surface area contributed by atoms with E-state index in [9.17, 15) is 13.2 Å². The number of hydrogen-bond acceptors (Lipinski definition) is 5. The summed E-state index contributed by atoms with van der Waals surface area (Å²) in [6.07, 6.45) is -4.67. The largest absolute Gasteiger partial charge is 0.573 e. The highest BCUT2D eigenvalue weighted by atomic mass is 32.2. The summed E-state index contributed by atoms with van der Waals surface area (Å²) in [5, 5.41) is 11.7. The van der Waals surface area contributed by atoms with E-state index in [4.69, 9.17) is 0 Å². The molecule has 108 valence electrons. The first kappa shape index (κ1) is 14.6. The van der Waals surface area contributed by atoms with Gasteiger partial charge in [0.1, 0.15) is 5.75 Å². The average Bonchev–Trinajstić information content (AvgIpc) is 2.74. The molecule has 1 aromatic heterocycles. The number of aryl methyl sites for hydroxylation is 1. The summed E-state index contributed by atoms with van der Waals surface area (Å²) in [4.78, 5) is 0. The van der Waals surface area contributed by atoms with Crippen molar-refractivity contribution in [2.75, 3.05) is 0 Å². The van der Waals surface area contributed by atoms with E-state index < -0.39 is 6.36 Å². The first-order chi connectivity index (χ1) is 9.35. The highest BCUT2D eigenvalue weighted by molar-refractivity contribution is 7.99. The molecular weight excluding hydrogens is 293 g/mol. The maximum Gasteiger partial charge on any atom is 0.573 e. The van der Waals surface area contributed by atoms with E-state index in [1.165, 1.54) is 28.6 Å². The summed E-state index contributed by atoms with van der Waals surface area (Å²) in [6.45, 7) is 1.92. The van der Waals surface area contributed by atoms with Gasteiger partial charge in [0.05, 0.1) is 0 Å². The molecule has 0 aliphatic heterocycles. The van der Waals surface area contributed by atoms with Gasteiger partial charge in [-0.05, 0) is 35.0 Å². The maximum absolute atomic E-state index is 12.0. The van der Waals surface area contributed by atoms with Crippen LogP contribution in [0.25, 0.3) is 0 Å². The maximum atomic E-state index is 12.0. The zero-order valence-electron chi connectivity index (χ0n) is 10.6. The number of halogens is 3. The number of aromatic nitrogens is 4. The first-order valence-electron chi connectivity index (χ1n) is 5.60. The lowest BCUT2D eigenvalue weighted by atomic mass is 10.2. The molecule has 0 spiro atoms. The molecule has 2 rings (SSSR count). The third kappa shape index (κ3) is 3.86. The Labute approximate surface area is 117 Å². The van der Waals surface area contributed by atoms with Crippen molar-refractivity contribution in [3.63, 3.8) is 0 Å². The summed E-state index contributed by atoms with van der Waals surface area (Å²) in [5.41, 5.74) is 0.854. The minimum atomic E-state index is -4.67. The number of rotatable bonds is 4. The Balaban J connectivity index is 2.04. The molecule has 0 fully saturated rings. The van der Waals surface area contributed by atoms with E-state index >= 15 is 0 Å². The van der Waals surface area contributed by atoms with Crippen LogP contribution in [0.1, 0.15) is 17.7 Å². The second-order valence-electron chi connectivity index (χ2n) is 3.96. The highest BCUT2D eigenvalue weighted by Gasteiger charge is 2.31. The zero-order chi connectivity index (χ0) is 14.8. The molecule has 5 nitrogen and oxygen atoms in total. The molecule has 0 saturated heterocycles. The zero-order valence-corrected chi connectivity index (χ0v) is 11.4. The predicted octanol–water partition coefficient (Wildman–Crippen LogP) is 2.96. The molecule has 0 bridgehead atoms. The molecule has 2 aromatic rings. The predicted molar refractivity (Wildman–Crippen MR) is 66.2 cm³/mol. The Morgan fingerprint density at radius 1 is 1.25 bits per heavy atom. The van der Waals surface area contributed by atoms with Gasteiger partial charge in [-0.3, -0.25) is 0 Å². The summed E-state index contributed by atoms with van der Waals surface area (Å²) in [6, 6.07) is 5.74. The standard InChI is InChI=1S/C11H11F3N4OS/c1-7(20-10-15-16-17-18(10)2)8-3-5-9(6-4-8)19-11(12,13)14/h3-7H,1-2H3. The van der Waals surface area contributed by atoms with E-state index in [2.05, 4.69) is 20.3 Å². The molecule has 20 heavy (non-hydrogen) atoms. The monoisotopic (exact) mass is 304 g/mol. The van der Waals surface area contributed by atoms with Gasteiger partial charge < -0.3 is 4.74 Å². The van der Waals surface area contributed by atoms with Gasteiger partial charge in [0.2, 0.25) is 5.16 Å². The van der Waals surface area contributed by atoms with Crippen molar-refractivity contribution < 1.29 is 17.9 Å². The topological polar surface area (TPSA) is 52.8 Å². The molecule has 1 unspecified atom stereocenters. The number of ether oxygens (including phenoxy) is 1. The van der Waals surface area contributed by atoms with E-state index in [-0.39, 0.29) is 11.0 Å². The van der Waals surface area contributed by atoms with E-state index in [1.54, 1.807) is 19.2 Å². The molecule has 0 radical (unpaired) electrons. The molecule has 9 heteroatoms. The quantitative estimate of drug-likeness (QED) is 0.813. The Morgan fingerprint density at radius 3 is 2.40 bits per heavy atom. The number of tetrazole rings is 1. The summed E-state index contributed by atoms with van der Waals surface area (Å²) in [7, 11) is 1.72. The van der Waals surface area contributed by atoms with Crippen LogP contribution in [0.15, 0.2) is 29.4 Å². The smallest absolute Gasteiger partial charge is 0.406 e. The van der Waals surface area contributed by atoms with E-state index in [1.807, 2.05) is 6.92 Å². The van der Waals surface area contributed by atoms with Gasteiger partial charge in [-0.25, -0.2) is 4.68 Å². The second kappa shape index (κ2) is 5.70. The van der Waals surface area contributed by atoms with Gasteiger partial charge >= 0.3 is 6.36 Å². The third-order valence-corrected chi connectivity index (χ3v) is 3.63. The fourth-order valence-electron chi connectivity index (χ4n) is 1.49. The van der Waals surface area contributed by atoms with Crippen LogP contribution < -0.4 is 4.74 Å². The molecule has 0 aliphatic rings.